The van der Waals surface area contributed by atoms with Gasteiger partial charge in [0, 0.05) is 25.8 Å². The van der Waals surface area contributed by atoms with Crippen LogP contribution in [0.3, 0.4) is 0 Å². The monoisotopic (exact) mass is 273 g/mol. The SMILES string of the molecule is CCCOc1ccc(C(C)NCc2ccnn2C)cc1. The van der Waals surface area contributed by atoms with Gasteiger partial charge in [0.05, 0.1) is 12.3 Å². The number of hydrogen-bond donors (Lipinski definition) is 1. The molecule has 0 spiro atoms. The zero-order valence-electron chi connectivity index (χ0n) is 12.5. The van der Waals surface area contributed by atoms with E-state index in [-0.39, 0.29) is 0 Å². The molecule has 1 atom stereocenters. The molecule has 0 aliphatic rings. The van der Waals surface area contributed by atoms with Gasteiger partial charge in [0.1, 0.15) is 5.75 Å². The predicted octanol–water partition coefficient (Wildman–Crippen LogP) is 3.06. The van der Waals surface area contributed by atoms with E-state index in [0.717, 1.165) is 25.3 Å². The van der Waals surface area contributed by atoms with Gasteiger partial charge in [0.15, 0.2) is 0 Å². The van der Waals surface area contributed by atoms with Gasteiger partial charge < -0.3 is 10.1 Å². The largest absolute Gasteiger partial charge is 0.494 e. The van der Waals surface area contributed by atoms with E-state index in [0.29, 0.717) is 6.04 Å². The van der Waals surface area contributed by atoms with Gasteiger partial charge in [0.25, 0.3) is 0 Å². The van der Waals surface area contributed by atoms with Crippen LogP contribution in [0.2, 0.25) is 0 Å². The van der Waals surface area contributed by atoms with E-state index in [1.54, 1.807) is 0 Å². The fraction of sp³-hybridized carbons (Fsp3) is 0.438. The van der Waals surface area contributed by atoms with Crippen LogP contribution in [-0.4, -0.2) is 16.4 Å². The Hall–Kier alpha value is -1.81. The summed E-state index contributed by atoms with van der Waals surface area (Å²) in [6.07, 6.45) is 2.85. The van der Waals surface area contributed by atoms with Crippen LogP contribution in [-0.2, 0) is 13.6 Å². The lowest BCUT2D eigenvalue weighted by molar-refractivity contribution is 0.317. The summed E-state index contributed by atoms with van der Waals surface area (Å²) in [7, 11) is 1.96. The second-order valence-electron chi connectivity index (χ2n) is 4.97. The maximum absolute atomic E-state index is 5.59. The number of benzene rings is 1. The minimum absolute atomic E-state index is 0.296. The molecule has 2 rings (SSSR count). The Kier molecular flexibility index (Phi) is 5.18. The molecule has 20 heavy (non-hydrogen) atoms. The smallest absolute Gasteiger partial charge is 0.119 e. The van der Waals surface area contributed by atoms with E-state index in [9.17, 15) is 0 Å². The van der Waals surface area contributed by atoms with E-state index in [1.807, 2.05) is 36.1 Å². The zero-order chi connectivity index (χ0) is 14.4. The molecular formula is C16H23N3O. The summed E-state index contributed by atoms with van der Waals surface area (Å²) in [6.45, 7) is 5.86. The number of nitrogens with one attached hydrogen (secondary N) is 1. The highest BCUT2D eigenvalue weighted by Crippen LogP contribution is 2.18. The number of rotatable bonds is 7. The Morgan fingerprint density at radius 1 is 1.25 bits per heavy atom. The summed E-state index contributed by atoms with van der Waals surface area (Å²) in [5, 5.41) is 7.67. The Bertz CT molecular complexity index is 519. The van der Waals surface area contributed by atoms with Crippen molar-refractivity contribution in [3.05, 3.63) is 47.8 Å². The molecule has 2 aromatic rings. The first-order valence-electron chi connectivity index (χ1n) is 7.13. The Morgan fingerprint density at radius 3 is 2.60 bits per heavy atom. The molecule has 0 fully saturated rings. The second kappa shape index (κ2) is 7.10. The van der Waals surface area contributed by atoms with Crippen molar-refractivity contribution < 1.29 is 4.74 Å². The van der Waals surface area contributed by atoms with Crippen molar-refractivity contribution in [2.24, 2.45) is 7.05 Å². The molecule has 1 heterocycles. The first-order chi connectivity index (χ1) is 9.70. The summed E-state index contributed by atoms with van der Waals surface area (Å²) >= 11 is 0. The summed E-state index contributed by atoms with van der Waals surface area (Å²) in [5.41, 5.74) is 2.44. The third-order valence-corrected chi connectivity index (χ3v) is 3.36. The lowest BCUT2D eigenvalue weighted by Gasteiger charge is -2.15. The highest BCUT2D eigenvalue weighted by molar-refractivity contribution is 5.29. The summed E-state index contributed by atoms with van der Waals surface area (Å²) in [5.74, 6) is 0.939. The Morgan fingerprint density at radius 2 is 2.00 bits per heavy atom. The molecule has 1 unspecified atom stereocenters. The van der Waals surface area contributed by atoms with Crippen LogP contribution in [0, 0.1) is 0 Å². The van der Waals surface area contributed by atoms with Crippen LogP contribution >= 0.6 is 0 Å². The van der Waals surface area contributed by atoms with Gasteiger partial charge in [-0.3, -0.25) is 4.68 Å². The van der Waals surface area contributed by atoms with Crippen molar-refractivity contribution in [3.63, 3.8) is 0 Å². The Balaban J connectivity index is 1.88. The minimum atomic E-state index is 0.296. The van der Waals surface area contributed by atoms with E-state index in [1.165, 1.54) is 11.3 Å². The first-order valence-corrected chi connectivity index (χ1v) is 7.13. The molecular weight excluding hydrogens is 250 g/mol. The zero-order valence-corrected chi connectivity index (χ0v) is 12.5. The van der Waals surface area contributed by atoms with Crippen molar-refractivity contribution in [3.8, 4) is 5.75 Å². The van der Waals surface area contributed by atoms with Crippen molar-refractivity contribution >= 4 is 0 Å². The molecule has 0 bridgehead atoms. The number of ether oxygens (including phenoxy) is 1. The molecule has 1 aromatic carbocycles. The molecule has 0 aliphatic heterocycles. The van der Waals surface area contributed by atoms with E-state index < -0.39 is 0 Å². The molecule has 0 saturated heterocycles. The second-order valence-corrected chi connectivity index (χ2v) is 4.97. The molecule has 4 heteroatoms. The number of nitrogens with zero attached hydrogens (tertiary/aromatic N) is 2. The van der Waals surface area contributed by atoms with Gasteiger partial charge in [-0.1, -0.05) is 19.1 Å². The number of aryl methyl sites for hydroxylation is 1. The highest BCUT2D eigenvalue weighted by Gasteiger charge is 2.06. The van der Waals surface area contributed by atoms with Crippen LogP contribution in [0.1, 0.15) is 37.6 Å². The third kappa shape index (κ3) is 3.84. The average Bonchev–Trinajstić information content (AvgIpc) is 2.88. The van der Waals surface area contributed by atoms with Crippen molar-refractivity contribution in [2.45, 2.75) is 32.9 Å². The van der Waals surface area contributed by atoms with Crippen molar-refractivity contribution in [1.82, 2.24) is 15.1 Å². The van der Waals surface area contributed by atoms with Crippen molar-refractivity contribution in [2.75, 3.05) is 6.61 Å². The fourth-order valence-corrected chi connectivity index (χ4v) is 2.02. The molecule has 0 amide bonds. The predicted molar refractivity (Wildman–Crippen MR) is 80.7 cm³/mol. The standard InChI is InChI=1S/C16H23N3O/c1-4-11-20-16-7-5-14(6-8-16)13(2)17-12-15-9-10-18-19(15)3/h5-10,13,17H,4,11-12H2,1-3H3. The number of aromatic nitrogens is 2. The molecule has 1 N–H and O–H groups in total. The van der Waals surface area contributed by atoms with Gasteiger partial charge in [0.2, 0.25) is 0 Å². The average molecular weight is 273 g/mol. The summed E-state index contributed by atoms with van der Waals surface area (Å²) < 4.78 is 7.48. The highest BCUT2D eigenvalue weighted by atomic mass is 16.5. The summed E-state index contributed by atoms with van der Waals surface area (Å²) in [6, 6.07) is 10.6. The maximum atomic E-state index is 5.59. The van der Waals surface area contributed by atoms with Gasteiger partial charge in [-0.2, -0.15) is 5.10 Å². The molecule has 0 radical (unpaired) electrons. The van der Waals surface area contributed by atoms with Gasteiger partial charge in [-0.25, -0.2) is 0 Å². The van der Waals surface area contributed by atoms with Crippen molar-refractivity contribution in [1.29, 1.82) is 0 Å². The normalized spacial score (nSPS) is 12.3. The fourth-order valence-electron chi connectivity index (χ4n) is 2.02. The van der Waals surface area contributed by atoms with E-state index >= 15 is 0 Å². The topological polar surface area (TPSA) is 39.1 Å². The van der Waals surface area contributed by atoms with Gasteiger partial charge in [-0.05, 0) is 37.1 Å². The lowest BCUT2D eigenvalue weighted by Crippen LogP contribution is -2.19. The minimum Gasteiger partial charge on any atom is -0.494 e. The van der Waals surface area contributed by atoms with Gasteiger partial charge in [-0.15, -0.1) is 0 Å². The maximum Gasteiger partial charge on any atom is 0.119 e. The molecule has 108 valence electrons. The quantitative estimate of drug-likeness (QED) is 0.842. The summed E-state index contributed by atoms with van der Waals surface area (Å²) in [4.78, 5) is 0. The van der Waals surface area contributed by atoms with Crippen LogP contribution in [0.4, 0.5) is 0 Å². The first kappa shape index (κ1) is 14.6. The number of hydrogen-bond acceptors (Lipinski definition) is 3. The molecule has 4 nitrogen and oxygen atoms in total. The lowest BCUT2D eigenvalue weighted by atomic mass is 10.1. The molecule has 0 aliphatic carbocycles. The molecule has 1 aromatic heterocycles. The van der Waals surface area contributed by atoms with Crippen LogP contribution in [0.15, 0.2) is 36.5 Å². The Labute approximate surface area is 120 Å². The third-order valence-electron chi connectivity index (χ3n) is 3.36. The van der Waals surface area contributed by atoms with E-state index in [2.05, 4.69) is 36.4 Å². The van der Waals surface area contributed by atoms with E-state index in [4.69, 9.17) is 4.74 Å². The van der Waals surface area contributed by atoms with Crippen LogP contribution in [0.5, 0.6) is 5.75 Å². The van der Waals surface area contributed by atoms with Crippen LogP contribution < -0.4 is 10.1 Å². The molecule has 0 saturated carbocycles. The van der Waals surface area contributed by atoms with Crippen LogP contribution in [0.25, 0.3) is 0 Å². The van der Waals surface area contributed by atoms with Gasteiger partial charge >= 0.3 is 0 Å².